The van der Waals surface area contributed by atoms with E-state index in [-0.39, 0.29) is 11.6 Å². The molecule has 3 N–H and O–H groups in total. The van der Waals surface area contributed by atoms with Crippen LogP contribution in [0.15, 0.2) is 0 Å². The highest BCUT2D eigenvalue weighted by atomic mass is 16.6. The number of rotatable bonds is 4. The Hall–Kier alpha value is -0.770. The van der Waals surface area contributed by atoms with Gasteiger partial charge in [0.25, 0.3) is 0 Å². The van der Waals surface area contributed by atoms with Crippen LogP contribution in [0.1, 0.15) is 59.8 Å². The normalized spacial score (nSPS) is 20.5. The van der Waals surface area contributed by atoms with Crippen molar-refractivity contribution in [2.45, 2.75) is 70.9 Å². The van der Waals surface area contributed by atoms with Crippen molar-refractivity contribution in [1.29, 1.82) is 0 Å². The van der Waals surface area contributed by atoms with Gasteiger partial charge in [-0.1, -0.05) is 19.8 Å². The van der Waals surface area contributed by atoms with E-state index in [0.29, 0.717) is 12.5 Å². The van der Waals surface area contributed by atoms with Gasteiger partial charge >= 0.3 is 6.09 Å². The number of carbonyl (C=O) groups excluding carboxylic acids is 1. The Bertz CT molecular complexity index is 278. The molecule has 4 nitrogen and oxygen atoms in total. The second kappa shape index (κ2) is 5.91. The first-order chi connectivity index (χ1) is 8.29. The van der Waals surface area contributed by atoms with Crippen LogP contribution in [0.4, 0.5) is 4.79 Å². The molecule has 1 saturated carbocycles. The molecule has 0 aromatic rings. The van der Waals surface area contributed by atoms with Crippen LogP contribution in [0.3, 0.4) is 0 Å². The molecule has 1 fully saturated rings. The number of hydrogen-bond acceptors (Lipinski definition) is 3. The minimum atomic E-state index is -0.443. The van der Waals surface area contributed by atoms with Gasteiger partial charge in [0.05, 0.1) is 0 Å². The van der Waals surface area contributed by atoms with Crippen molar-refractivity contribution in [3.63, 3.8) is 0 Å². The molecule has 0 radical (unpaired) electrons. The highest BCUT2D eigenvalue weighted by Crippen LogP contribution is 2.37. The summed E-state index contributed by atoms with van der Waals surface area (Å²) in [5.74, 6) is 0.400. The van der Waals surface area contributed by atoms with Crippen molar-refractivity contribution in [2.24, 2.45) is 11.7 Å². The Kier molecular flexibility index (Phi) is 5.02. The second-order valence-electron chi connectivity index (χ2n) is 6.47. The van der Waals surface area contributed by atoms with Crippen LogP contribution in [-0.4, -0.2) is 23.8 Å². The van der Waals surface area contributed by atoms with E-state index >= 15 is 0 Å². The van der Waals surface area contributed by atoms with Gasteiger partial charge in [-0.05, 0) is 52.5 Å². The molecule has 0 saturated heterocycles. The highest BCUT2D eigenvalue weighted by molar-refractivity contribution is 5.69. The van der Waals surface area contributed by atoms with E-state index in [9.17, 15) is 4.79 Å². The molecule has 1 atom stereocenters. The summed E-state index contributed by atoms with van der Waals surface area (Å²) in [6.45, 7) is 8.50. The maximum absolute atomic E-state index is 12.0. The van der Waals surface area contributed by atoms with Gasteiger partial charge in [-0.25, -0.2) is 4.79 Å². The Balaban J connectivity index is 2.65. The van der Waals surface area contributed by atoms with E-state index < -0.39 is 5.60 Å². The molecule has 0 aliphatic heterocycles. The number of amides is 1. The largest absolute Gasteiger partial charge is 0.444 e. The monoisotopic (exact) mass is 256 g/mol. The highest BCUT2D eigenvalue weighted by Gasteiger charge is 2.40. The molecule has 0 aromatic heterocycles. The molecular weight excluding hydrogens is 228 g/mol. The maximum Gasteiger partial charge on any atom is 0.408 e. The summed E-state index contributed by atoms with van der Waals surface area (Å²) in [7, 11) is 0. The Morgan fingerprint density at radius 2 is 1.94 bits per heavy atom. The summed E-state index contributed by atoms with van der Waals surface area (Å²) < 4.78 is 5.37. The van der Waals surface area contributed by atoms with Crippen LogP contribution < -0.4 is 11.1 Å². The van der Waals surface area contributed by atoms with Crippen molar-refractivity contribution in [2.75, 3.05) is 6.54 Å². The summed E-state index contributed by atoms with van der Waals surface area (Å²) in [5, 5.41) is 3.12. The topological polar surface area (TPSA) is 64.3 Å². The lowest BCUT2D eigenvalue weighted by molar-refractivity contribution is 0.0412. The molecule has 1 unspecified atom stereocenters. The first-order valence-corrected chi connectivity index (χ1v) is 7.00. The van der Waals surface area contributed by atoms with Crippen LogP contribution in [0.25, 0.3) is 0 Å². The number of alkyl carbamates (subject to hydrolysis) is 1. The molecular formula is C14H28N2O2. The lowest BCUT2D eigenvalue weighted by Gasteiger charge is -2.37. The van der Waals surface area contributed by atoms with Crippen LogP contribution in [0.5, 0.6) is 0 Å². The molecule has 1 amide bonds. The summed E-state index contributed by atoms with van der Waals surface area (Å²) in [6.07, 6.45) is 5.06. The average Bonchev–Trinajstić information content (AvgIpc) is 2.64. The van der Waals surface area contributed by atoms with Gasteiger partial charge in [0, 0.05) is 5.54 Å². The van der Waals surface area contributed by atoms with Gasteiger partial charge < -0.3 is 15.8 Å². The fourth-order valence-corrected chi connectivity index (χ4v) is 2.78. The standard InChI is InChI=1S/C14H28N2O2/c1-11(7-10-15)14(8-5-6-9-14)16-12(17)18-13(2,3)4/h11H,5-10,15H2,1-4H3,(H,16,17). The third-order valence-electron chi connectivity index (χ3n) is 3.79. The van der Waals surface area contributed by atoms with Crippen molar-refractivity contribution >= 4 is 6.09 Å². The van der Waals surface area contributed by atoms with Crippen LogP contribution in [-0.2, 0) is 4.74 Å². The van der Waals surface area contributed by atoms with Gasteiger partial charge in [0.2, 0.25) is 0 Å². The molecule has 106 valence electrons. The SMILES string of the molecule is CC(CCN)C1(NC(=O)OC(C)(C)C)CCCC1. The minimum absolute atomic E-state index is 0.109. The van der Waals surface area contributed by atoms with Crippen LogP contribution in [0.2, 0.25) is 0 Å². The summed E-state index contributed by atoms with van der Waals surface area (Å²) in [5.41, 5.74) is 5.09. The molecule has 4 heteroatoms. The van der Waals surface area contributed by atoms with E-state index in [1.165, 1.54) is 12.8 Å². The molecule has 0 bridgehead atoms. The van der Waals surface area contributed by atoms with E-state index in [2.05, 4.69) is 12.2 Å². The lowest BCUT2D eigenvalue weighted by Crippen LogP contribution is -2.52. The first-order valence-electron chi connectivity index (χ1n) is 7.00. The predicted molar refractivity (Wildman–Crippen MR) is 73.4 cm³/mol. The van der Waals surface area contributed by atoms with Gasteiger partial charge in [-0.3, -0.25) is 0 Å². The molecule has 1 aliphatic carbocycles. The Morgan fingerprint density at radius 1 is 1.39 bits per heavy atom. The van der Waals surface area contributed by atoms with Gasteiger partial charge in [0.15, 0.2) is 0 Å². The number of ether oxygens (including phenoxy) is 1. The van der Waals surface area contributed by atoms with Gasteiger partial charge in [-0.2, -0.15) is 0 Å². The van der Waals surface area contributed by atoms with Crippen LogP contribution in [0, 0.1) is 5.92 Å². The molecule has 1 aliphatic rings. The van der Waals surface area contributed by atoms with Crippen molar-refractivity contribution in [3.8, 4) is 0 Å². The number of carbonyl (C=O) groups is 1. The van der Waals surface area contributed by atoms with Crippen molar-refractivity contribution < 1.29 is 9.53 Å². The Morgan fingerprint density at radius 3 is 2.39 bits per heavy atom. The smallest absolute Gasteiger partial charge is 0.408 e. The lowest BCUT2D eigenvalue weighted by atomic mass is 9.81. The van der Waals surface area contributed by atoms with Gasteiger partial charge in [0.1, 0.15) is 5.60 Å². The quantitative estimate of drug-likeness (QED) is 0.813. The predicted octanol–water partition coefficient (Wildman–Crippen LogP) is 2.81. The van der Waals surface area contributed by atoms with E-state index in [1.807, 2.05) is 20.8 Å². The number of nitrogens with one attached hydrogen (secondary N) is 1. The van der Waals surface area contributed by atoms with Gasteiger partial charge in [-0.15, -0.1) is 0 Å². The third kappa shape index (κ3) is 4.16. The molecule has 0 aromatic carbocycles. The Labute approximate surface area is 111 Å². The summed E-state index contributed by atoms with van der Waals surface area (Å²) in [4.78, 5) is 12.0. The van der Waals surface area contributed by atoms with Crippen molar-refractivity contribution in [3.05, 3.63) is 0 Å². The molecule has 1 rings (SSSR count). The second-order valence-corrected chi connectivity index (χ2v) is 6.47. The zero-order chi connectivity index (χ0) is 13.8. The molecule has 0 heterocycles. The van der Waals surface area contributed by atoms with E-state index in [1.54, 1.807) is 0 Å². The maximum atomic E-state index is 12.0. The average molecular weight is 256 g/mol. The fraction of sp³-hybridized carbons (Fsp3) is 0.929. The third-order valence-corrected chi connectivity index (χ3v) is 3.79. The van der Waals surface area contributed by atoms with E-state index in [0.717, 1.165) is 19.3 Å². The molecule has 0 spiro atoms. The first kappa shape index (κ1) is 15.3. The molecule has 18 heavy (non-hydrogen) atoms. The van der Waals surface area contributed by atoms with Crippen LogP contribution >= 0.6 is 0 Å². The summed E-state index contributed by atoms with van der Waals surface area (Å²) in [6, 6.07) is 0. The summed E-state index contributed by atoms with van der Waals surface area (Å²) >= 11 is 0. The number of nitrogens with two attached hydrogens (primary N) is 1. The zero-order valence-electron chi connectivity index (χ0n) is 12.2. The van der Waals surface area contributed by atoms with E-state index in [4.69, 9.17) is 10.5 Å². The number of hydrogen-bond donors (Lipinski definition) is 2. The zero-order valence-corrected chi connectivity index (χ0v) is 12.2. The minimum Gasteiger partial charge on any atom is -0.444 e. The van der Waals surface area contributed by atoms with Crippen molar-refractivity contribution in [1.82, 2.24) is 5.32 Å². The fourth-order valence-electron chi connectivity index (χ4n) is 2.78.